The molecule has 0 aromatic heterocycles. The second kappa shape index (κ2) is 9.30. The normalized spacial score (nSPS) is 14.0. The van der Waals surface area contributed by atoms with Gasteiger partial charge in [-0.15, -0.1) is 0 Å². The van der Waals surface area contributed by atoms with Crippen LogP contribution in [0.2, 0.25) is 0 Å². The van der Waals surface area contributed by atoms with Gasteiger partial charge in [0.2, 0.25) is 5.91 Å². The molecule has 0 fully saturated rings. The number of fused-ring (bicyclic) bond motifs is 1. The van der Waals surface area contributed by atoms with Crippen molar-refractivity contribution in [3.05, 3.63) is 29.8 Å². The zero-order valence-electron chi connectivity index (χ0n) is 15.1. The van der Waals surface area contributed by atoms with Crippen LogP contribution in [0.15, 0.2) is 29.3 Å². The lowest BCUT2D eigenvalue weighted by molar-refractivity contribution is -0.118. The van der Waals surface area contributed by atoms with Crippen molar-refractivity contribution in [2.75, 3.05) is 31.6 Å². The van der Waals surface area contributed by atoms with Crippen LogP contribution < -0.4 is 15.5 Å². The summed E-state index contributed by atoms with van der Waals surface area (Å²) < 4.78 is 0. The molecule has 1 amide bonds. The molecule has 1 heterocycles. The molecule has 5 heteroatoms. The minimum absolute atomic E-state index is 0.213. The van der Waals surface area contributed by atoms with E-state index in [1.54, 1.807) is 7.05 Å². The van der Waals surface area contributed by atoms with Gasteiger partial charge in [0.05, 0.1) is 0 Å². The molecule has 0 bridgehead atoms. The Kier molecular flexibility index (Phi) is 7.09. The van der Waals surface area contributed by atoms with Crippen LogP contribution in [-0.2, 0) is 11.2 Å². The highest BCUT2D eigenvalue weighted by molar-refractivity contribution is 5.95. The van der Waals surface area contributed by atoms with Crippen molar-refractivity contribution >= 4 is 17.6 Å². The number of rotatable bonds is 7. The smallest absolute Gasteiger partial charge is 0.227 e. The van der Waals surface area contributed by atoms with Crippen molar-refractivity contribution < 1.29 is 4.79 Å². The first kappa shape index (κ1) is 18.3. The van der Waals surface area contributed by atoms with E-state index in [1.165, 1.54) is 5.56 Å². The Labute approximate surface area is 145 Å². The van der Waals surface area contributed by atoms with Gasteiger partial charge in [0.25, 0.3) is 0 Å². The van der Waals surface area contributed by atoms with E-state index in [4.69, 9.17) is 0 Å². The fourth-order valence-corrected chi connectivity index (χ4v) is 2.88. The zero-order valence-corrected chi connectivity index (χ0v) is 15.1. The van der Waals surface area contributed by atoms with Gasteiger partial charge in [0.15, 0.2) is 5.96 Å². The van der Waals surface area contributed by atoms with Crippen molar-refractivity contribution in [1.82, 2.24) is 10.6 Å². The molecule has 0 unspecified atom stereocenters. The van der Waals surface area contributed by atoms with Crippen LogP contribution in [0.5, 0.6) is 0 Å². The van der Waals surface area contributed by atoms with E-state index < -0.39 is 0 Å². The van der Waals surface area contributed by atoms with Gasteiger partial charge in [-0.2, -0.15) is 0 Å². The average Bonchev–Trinajstić information content (AvgIpc) is 3.00. The fraction of sp³-hybridized carbons (Fsp3) is 0.579. The first-order valence-corrected chi connectivity index (χ1v) is 8.94. The molecule has 0 saturated carbocycles. The Bertz CT molecular complexity index is 568. The molecule has 2 rings (SSSR count). The largest absolute Gasteiger partial charge is 0.356 e. The fourth-order valence-electron chi connectivity index (χ4n) is 2.88. The lowest BCUT2D eigenvalue weighted by atomic mass is 10.1. The molecule has 5 nitrogen and oxygen atoms in total. The number of para-hydroxylation sites is 1. The number of nitrogens with zero attached hydrogens (tertiary/aromatic N) is 2. The van der Waals surface area contributed by atoms with Gasteiger partial charge in [-0.05, 0) is 36.8 Å². The monoisotopic (exact) mass is 330 g/mol. The molecule has 0 atom stereocenters. The van der Waals surface area contributed by atoms with Crippen LogP contribution in [0.4, 0.5) is 5.69 Å². The van der Waals surface area contributed by atoms with Crippen molar-refractivity contribution in [3.8, 4) is 0 Å². The molecule has 24 heavy (non-hydrogen) atoms. The molecule has 132 valence electrons. The van der Waals surface area contributed by atoms with E-state index in [2.05, 4.69) is 35.5 Å². The summed E-state index contributed by atoms with van der Waals surface area (Å²) in [6.45, 7) is 6.90. The van der Waals surface area contributed by atoms with E-state index in [1.807, 2.05) is 23.1 Å². The quantitative estimate of drug-likeness (QED) is 0.459. The Balaban J connectivity index is 1.68. The summed E-state index contributed by atoms with van der Waals surface area (Å²) in [5.41, 5.74) is 2.36. The number of amides is 1. The summed E-state index contributed by atoms with van der Waals surface area (Å²) in [5.74, 6) is 1.70. The number of carbonyl (C=O) groups is 1. The lowest BCUT2D eigenvalue weighted by Gasteiger charge is -2.17. The summed E-state index contributed by atoms with van der Waals surface area (Å²) in [5, 5.41) is 6.58. The van der Waals surface area contributed by atoms with Gasteiger partial charge in [0.1, 0.15) is 0 Å². The predicted molar refractivity (Wildman–Crippen MR) is 101 cm³/mol. The van der Waals surface area contributed by atoms with Crippen LogP contribution in [-0.4, -0.2) is 38.5 Å². The third-order valence-corrected chi connectivity index (χ3v) is 4.29. The van der Waals surface area contributed by atoms with Crippen molar-refractivity contribution in [1.29, 1.82) is 0 Å². The molecule has 1 aliphatic rings. The maximum absolute atomic E-state index is 12.4. The molecular weight excluding hydrogens is 300 g/mol. The molecule has 0 spiro atoms. The highest BCUT2D eigenvalue weighted by atomic mass is 16.2. The molecule has 2 N–H and O–H groups in total. The van der Waals surface area contributed by atoms with Gasteiger partial charge in [-0.1, -0.05) is 32.0 Å². The van der Waals surface area contributed by atoms with E-state index >= 15 is 0 Å². The maximum atomic E-state index is 12.4. The van der Waals surface area contributed by atoms with Crippen LogP contribution in [0.1, 0.15) is 38.7 Å². The van der Waals surface area contributed by atoms with Gasteiger partial charge >= 0.3 is 0 Å². The Morgan fingerprint density at radius 3 is 2.75 bits per heavy atom. The molecule has 0 radical (unpaired) electrons. The Morgan fingerprint density at radius 2 is 2.00 bits per heavy atom. The van der Waals surface area contributed by atoms with Crippen LogP contribution in [0.25, 0.3) is 0 Å². The van der Waals surface area contributed by atoms with E-state index in [9.17, 15) is 4.79 Å². The van der Waals surface area contributed by atoms with Crippen LogP contribution >= 0.6 is 0 Å². The summed E-state index contributed by atoms with van der Waals surface area (Å²) in [7, 11) is 1.77. The van der Waals surface area contributed by atoms with Gasteiger partial charge in [-0.25, -0.2) is 0 Å². The number of hydrogen-bond donors (Lipinski definition) is 2. The maximum Gasteiger partial charge on any atom is 0.227 e. The summed E-state index contributed by atoms with van der Waals surface area (Å²) in [6.07, 6.45) is 3.45. The number of benzene rings is 1. The third-order valence-electron chi connectivity index (χ3n) is 4.29. The third kappa shape index (κ3) is 5.25. The predicted octanol–water partition coefficient (Wildman–Crippen LogP) is 2.57. The van der Waals surface area contributed by atoms with E-state index in [0.29, 0.717) is 12.3 Å². The minimum atomic E-state index is 0.213. The molecule has 1 aromatic carbocycles. The second-order valence-corrected chi connectivity index (χ2v) is 6.64. The number of nitrogens with one attached hydrogen (secondary N) is 2. The number of anilines is 1. The number of carbonyl (C=O) groups excluding carboxylic acids is 1. The first-order chi connectivity index (χ1) is 11.6. The highest BCUT2D eigenvalue weighted by Gasteiger charge is 2.23. The SMILES string of the molecule is CN=C(NCCCC(=O)N1CCc2ccccc21)NCCC(C)C. The average molecular weight is 330 g/mol. The molecular formula is C19H30N4O. The van der Waals surface area contributed by atoms with Crippen molar-refractivity contribution in [2.24, 2.45) is 10.9 Å². The summed E-state index contributed by atoms with van der Waals surface area (Å²) >= 11 is 0. The minimum Gasteiger partial charge on any atom is -0.356 e. The van der Waals surface area contributed by atoms with Gasteiger partial charge in [-0.3, -0.25) is 9.79 Å². The van der Waals surface area contributed by atoms with Crippen LogP contribution in [0.3, 0.4) is 0 Å². The zero-order chi connectivity index (χ0) is 17.4. The van der Waals surface area contributed by atoms with Crippen molar-refractivity contribution in [3.63, 3.8) is 0 Å². The Morgan fingerprint density at radius 1 is 1.25 bits per heavy atom. The highest BCUT2D eigenvalue weighted by Crippen LogP contribution is 2.27. The van der Waals surface area contributed by atoms with Gasteiger partial charge < -0.3 is 15.5 Å². The molecule has 1 aliphatic heterocycles. The lowest BCUT2D eigenvalue weighted by Crippen LogP contribution is -2.39. The number of aliphatic imine (C=N–C) groups is 1. The molecule has 1 aromatic rings. The standard InChI is InChI=1S/C19H30N4O/c1-15(2)10-13-22-19(20-3)21-12-6-9-18(24)23-14-11-16-7-4-5-8-17(16)23/h4-5,7-8,15H,6,9-14H2,1-3H3,(H2,20,21,22). The van der Waals surface area contributed by atoms with E-state index in [0.717, 1.165) is 50.5 Å². The second-order valence-electron chi connectivity index (χ2n) is 6.64. The number of guanidine groups is 1. The van der Waals surface area contributed by atoms with Gasteiger partial charge in [0, 0.05) is 38.8 Å². The van der Waals surface area contributed by atoms with E-state index in [-0.39, 0.29) is 5.91 Å². The molecule has 0 saturated heterocycles. The number of hydrogen-bond acceptors (Lipinski definition) is 2. The molecule has 0 aliphatic carbocycles. The summed E-state index contributed by atoms with van der Waals surface area (Å²) in [6, 6.07) is 8.18. The Hall–Kier alpha value is -2.04. The van der Waals surface area contributed by atoms with Crippen molar-refractivity contribution in [2.45, 2.75) is 39.5 Å². The van der Waals surface area contributed by atoms with Crippen LogP contribution in [0, 0.1) is 5.92 Å². The summed E-state index contributed by atoms with van der Waals surface area (Å²) in [4.78, 5) is 18.6. The first-order valence-electron chi connectivity index (χ1n) is 8.94. The topological polar surface area (TPSA) is 56.7 Å².